The summed E-state index contributed by atoms with van der Waals surface area (Å²) < 4.78 is 20.1. The van der Waals surface area contributed by atoms with E-state index in [9.17, 15) is 14.0 Å². The average molecular weight is 497 g/mol. The van der Waals surface area contributed by atoms with E-state index in [1.807, 2.05) is 42.8 Å². The number of halogens is 1. The highest BCUT2D eigenvalue weighted by Gasteiger charge is 2.23. The summed E-state index contributed by atoms with van der Waals surface area (Å²) in [7, 11) is 3.13. The summed E-state index contributed by atoms with van der Waals surface area (Å²) >= 11 is 2.45. The van der Waals surface area contributed by atoms with Crippen molar-refractivity contribution in [3.8, 4) is 22.5 Å². The lowest BCUT2D eigenvalue weighted by atomic mass is 10.0. The molecule has 0 saturated carbocycles. The van der Waals surface area contributed by atoms with Crippen LogP contribution in [0.3, 0.4) is 0 Å². The fraction of sp³-hybridized carbons (Fsp3) is 0.167. The van der Waals surface area contributed by atoms with Gasteiger partial charge in [0.1, 0.15) is 16.4 Å². The number of hydrogen-bond donors (Lipinski definition) is 1. The third-order valence-electron chi connectivity index (χ3n) is 5.14. The Balaban J connectivity index is 1.49. The van der Waals surface area contributed by atoms with Gasteiger partial charge >= 0.3 is 5.97 Å². The third kappa shape index (κ3) is 4.87. The van der Waals surface area contributed by atoms with Crippen molar-refractivity contribution in [3.05, 3.63) is 70.9 Å². The first-order valence-electron chi connectivity index (χ1n) is 10.2. The molecule has 0 atom stereocenters. The Hall–Kier alpha value is -3.50. The number of amides is 1. The van der Waals surface area contributed by atoms with E-state index in [1.54, 1.807) is 17.5 Å². The van der Waals surface area contributed by atoms with Gasteiger partial charge in [-0.2, -0.15) is 0 Å². The number of methoxy groups -OCH3 is 1. The minimum Gasteiger partial charge on any atom is -0.465 e. The molecule has 0 bridgehead atoms. The van der Waals surface area contributed by atoms with E-state index in [4.69, 9.17) is 4.74 Å². The van der Waals surface area contributed by atoms with Gasteiger partial charge in [-0.05, 0) is 30.2 Å². The molecule has 0 unspecified atom stereocenters. The van der Waals surface area contributed by atoms with Crippen molar-refractivity contribution in [3.63, 3.8) is 0 Å². The molecule has 4 rings (SSSR count). The normalized spacial score (nSPS) is 10.8. The van der Waals surface area contributed by atoms with Gasteiger partial charge in [-0.25, -0.2) is 9.18 Å². The summed E-state index contributed by atoms with van der Waals surface area (Å²) in [6, 6.07) is 13.7. The van der Waals surface area contributed by atoms with Crippen LogP contribution < -0.4 is 5.32 Å². The Morgan fingerprint density at radius 2 is 1.85 bits per heavy atom. The number of aryl methyl sites for hydroxylation is 1. The molecular formula is C24H21FN4O3S2. The number of esters is 1. The first-order chi connectivity index (χ1) is 16.4. The van der Waals surface area contributed by atoms with Crippen LogP contribution in [0, 0.1) is 12.7 Å². The highest BCUT2D eigenvalue weighted by atomic mass is 32.2. The van der Waals surface area contributed by atoms with Crippen molar-refractivity contribution < 1.29 is 18.7 Å². The molecule has 7 nitrogen and oxygen atoms in total. The second-order valence-corrected chi connectivity index (χ2v) is 9.19. The molecule has 0 aliphatic carbocycles. The number of ether oxygens (including phenoxy) is 1. The number of anilines is 1. The molecule has 0 aliphatic heterocycles. The van der Waals surface area contributed by atoms with E-state index in [0.717, 1.165) is 17.0 Å². The SMILES string of the molecule is COC(=O)c1c(-c2ccc(F)cc2)csc1NC(=O)CSc1nnc(-c2ccccc2C)n1C. The first-order valence-corrected chi connectivity index (χ1v) is 12.1. The summed E-state index contributed by atoms with van der Waals surface area (Å²) in [6.07, 6.45) is 0. The van der Waals surface area contributed by atoms with E-state index in [-0.39, 0.29) is 23.0 Å². The zero-order valence-corrected chi connectivity index (χ0v) is 20.3. The topological polar surface area (TPSA) is 86.1 Å². The van der Waals surface area contributed by atoms with Crippen molar-refractivity contribution in [2.75, 3.05) is 18.2 Å². The Kier molecular flexibility index (Phi) is 7.09. The fourth-order valence-corrected chi connectivity index (χ4v) is 5.07. The summed E-state index contributed by atoms with van der Waals surface area (Å²) in [6.45, 7) is 2.00. The Bertz CT molecular complexity index is 1350. The standard InChI is InChI=1S/C24H21FN4O3S2/c1-14-6-4-5-7-17(14)21-27-28-24(29(21)2)34-13-19(30)26-22-20(23(31)32-3)18(12-33-22)15-8-10-16(25)11-9-15/h4-12H,13H2,1-3H3,(H,26,30). The predicted octanol–water partition coefficient (Wildman–Crippen LogP) is 5.18. The number of benzene rings is 2. The molecule has 4 aromatic rings. The van der Waals surface area contributed by atoms with Crippen LogP contribution in [0.5, 0.6) is 0 Å². The second kappa shape index (κ2) is 10.2. The zero-order valence-electron chi connectivity index (χ0n) is 18.7. The van der Waals surface area contributed by atoms with E-state index < -0.39 is 5.97 Å². The molecule has 0 spiro atoms. The van der Waals surface area contributed by atoms with Gasteiger partial charge in [0.2, 0.25) is 5.91 Å². The highest BCUT2D eigenvalue weighted by Crippen LogP contribution is 2.36. The van der Waals surface area contributed by atoms with Gasteiger partial charge in [0.25, 0.3) is 0 Å². The number of rotatable bonds is 7. The molecule has 2 aromatic heterocycles. The molecule has 10 heteroatoms. The maximum atomic E-state index is 13.3. The minimum atomic E-state index is -0.584. The summed E-state index contributed by atoms with van der Waals surface area (Å²) in [4.78, 5) is 25.2. The lowest BCUT2D eigenvalue weighted by Gasteiger charge is -2.08. The number of thioether (sulfide) groups is 1. The van der Waals surface area contributed by atoms with E-state index >= 15 is 0 Å². The third-order valence-corrected chi connectivity index (χ3v) is 7.06. The van der Waals surface area contributed by atoms with E-state index in [0.29, 0.717) is 21.3 Å². The van der Waals surface area contributed by atoms with E-state index in [2.05, 4.69) is 15.5 Å². The maximum Gasteiger partial charge on any atom is 0.341 e. The molecule has 1 amide bonds. The number of nitrogens with zero attached hydrogens (tertiary/aromatic N) is 3. The monoisotopic (exact) mass is 496 g/mol. The summed E-state index contributed by atoms with van der Waals surface area (Å²) in [5, 5.41) is 14.0. The highest BCUT2D eigenvalue weighted by molar-refractivity contribution is 7.99. The van der Waals surface area contributed by atoms with E-state index in [1.165, 1.54) is 42.3 Å². The number of hydrogen-bond acceptors (Lipinski definition) is 7. The lowest BCUT2D eigenvalue weighted by molar-refractivity contribution is -0.113. The van der Waals surface area contributed by atoms with Crippen LogP contribution in [0.1, 0.15) is 15.9 Å². The Morgan fingerprint density at radius 3 is 2.56 bits per heavy atom. The van der Waals surface area contributed by atoms with Crippen molar-refractivity contribution >= 4 is 40.0 Å². The van der Waals surface area contributed by atoms with Crippen LogP contribution >= 0.6 is 23.1 Å². The minimum absolute atomic E-state index is 0.0736. The van der Waals surface area contributed by atoms with Crippen LogP contribution in [0.15, 0.2) is 59.1 Å². The summed E-state index contributed by atoms with van der Waals surface area (Å²) in [5.41, 5.74) is 3.50. The quantitative estimate of drug-likeness (QED) is 0.280. The van der Waals surface area contributed by atoms with Crippen LogP contribution in [0.2, 0.25) is 0 Å². The van der Waals surface area contributed by atoms with Crippen molar-refractivity contribution in [2.24, 2.45) is 7.05 Å². The number of carbonyl (C=O) groups excluding carboxylic acids is 2. The molecule has 1 N–H and O–H groups in total. The first kappa shape index (κ1) is 23.7. The summed E-state index contributed by atoms with van der Waals surface area (Å²) in [5.74, 6) is -0.470. The van der Waals surface area contributed by atoms with Gasteiger partial charge in [-0.15, -0.1) is 21.5 Å². The van der Waals surface area contributed by atoms with Gasteiger partial charge in [0.05, 0.1) is 12.9 Å². The van der Waals surface area contributed by atoms with Crippen LogP contribution in [0.25, 0.3) is 22.5 Å². The average Bonchev–Trinajstić information content (AvgIpc) is 3.41. The maximum absolute atomic E-state index is 13.3. The molecule has 174 valence electrons. The molecular weight excluding hydrogens is 475 g/mol. The van der Waals surface area contributed by atoms with Gasteiger partial charge < -0.3 is 14.6 Å². The fourth-order valence-electron chi connectivity index (χ4n) is 3.39. The van der Waals surface area contributed by atoms with Gasteiger partial charge in [0.15, 0.2) is 11.0 Å². The van der Waals surface area contributed by atoms with Gasteiger partial charge in [-0.1, -0.05) is 48.2 Å². The number of aromatic nitrogens is 3. The molecule has 0 radical (unpaired) electrons. The number of thiophene rings is 1. The number of nitrogens with one attached hydrogen (secondary N) is 1. The number of carbonyl (C=O) groups is 2. The lowest BCUT2D eigenvalue weighted by Crippen LogP contribution is -2.16. The molecule has 2 aromatic carbocycles. The smallest absolute Gasteiger partial charge is 0.341 e. The van der Waals surface area contributed by atoms with Gasteiger partial charge in [0, 0.05) is 23.6 Å². The van der Waals surface area contributed by atoms with Crippen molar-refractivity contribution in [2.45, 2.75) is 12.1 Å². The van der Waals surface area contributed by atoms with Crippen molar-refractivity contribution in [1.82, 2.24) is 14.8 Å². The molecule has 0 saturated heterocycles. The molecule has 2 heterocycles. The van der Waals surface area contributed by atoms with Gasteiger partial charge in [-0.3, -0.25) is 4.79 Å². The van der Waals surface area contributed by atoms with Crippen LogP contribution in [-0.4, -0.2) is 39.5 Å². The molecule has 0 aliphatic rings. The largest absolute Gasteiger partial charge is 0.465 e. The molecule has 0 fully saturated rings. The predicted molar refractivity (Wildman–Crippen MR) is 132 cm³/mol. The Labute approximate surface area is 204 Å². The van der Waals surface area contributed by atoms with Crippen LogP contribution in [0.4, 0.5) is 9.39 Å². The van der Waals surface area contributed by atoms with Crippen molar-refractivity contribution in [1.29, 1.82) is 0 Å². The Morgan fingerprint density at radius 1 is 1.12 bits per heavy atom. The second-order valence-electron chi connectivity index (χ2n) is 7.37. The zero-order chi connectivity index (χ0) is 24.2. The van der Waals surface area contributed by atoms with Crippen LogP contribution in [-0.2, 0) is 16.6 Å². The molecule has 34 heavy (non-hydrogen) atoms.